The number of hydrogen-bond donors (Lipinski definition) is 1. The van der Waals surface area contributed by atoms with E-state index in [4.69, 9.17) is 39.5 Å². The summed E-state index contributed by atoms with van der Waals surface area (Å²) < 4.78 is 5.59. The maximum atomic E-state index is 13.0. The SMILES string of the molecule is CC[C@@H](C)NC(=O)[C@H](C)N(Cc1ccc(Cl)c(Cl)c1)C(=O)COc1ccc(Cl)cc1. The van der Waals surface area contributed by atoms with Crippen molar-refractivity contribution in [1.29, 1.82) is 0 Å². The van der Waals surface area contributed by atoms with Gasteiger partial charge >= 0.3 is 0 Å². The number of carbonyl (C=O) groups excluding carboxylic acids is 2. The van der Waals surface area contributed by atoms with Gasteiger partial charge in [-0.15, -0.1) is 0 Å². The predicted octanol–water partition coefficient (Wildman–Crippen LogP) is 5.36. The Kier molecular flexibility index (Phi) is 9.28. The topological polar surface area (TPSA) is 58.6 Å². The number of nitrogens with zero attached hydrogens (tertiary/aromatic N) is 1. The van der Waals surface area contributed by atoms with Crippen LogP contribution in [0.2, 0.25) is 15.1 Å². The van der Waals surface area contributed by atoms with Crippen LogP contribution in [0.1, 0.15) is 32.8 Å². The van der Waals surface area contributed by atoms with Crippen LogP contribution >= 0.6 is 34.8 Å². The zero-order chi connectivity index (χ0) is 22.3. The molecule has 0 saturated heterocycles. The second kappa shape index (κ2) is 11.4. The molecule has 30 heavy (non-hydrogen) atoms. The van der Waals surface area contributed by atoms with Crippen molar-refractivity contribution in [1.82, 2.24) is 10.2 Å². The molecule has 0 fully saturated rings. The van der Waals surface area contributed by atoms with Gasteiger partial charge in [0.2, 0.25) is 5.91 Å². The van der Waals surface area contributed by atoms with Crippen LogP contribution in [0.5, 0.6) is 5.75 Å². The third kappa shape index (κ3) is 7.08. The molecule has 0 aliphatic carbocycles. The van der Waals surface area contributed by atoms with E-state index in [1.54, 1.807) is 49.4 Å². The molecule has 2 aromatic carbocycles. The van der Waals surface area contributed by atoms with Crippen molar-refractivity contribution >= 4 is 46.6 Å². The number of carbonyl (C=O) groups is 2. The highest BCUT2D eigenvalue weighted by atomic mass is 35.5. The van der Waals surface area contributed by atoms with Gasteiger partial charge in [-0.05, 0) is 62.2 Å². The van der Waals surface area contributed by atoms with Gasteiger partial charge < -0.3 is 15.0 Å². The zero-order valence-electron chi connectivity index (χ0n) is 17.1. The van der Waals surface area contributed by atoms with Crippen molar-refractivity contribution < 1.29 is 14.3 Å². The van der Waals surface area contributed by atoms with Gasteiger partial charge in [0.25, 0.3) is 5.91 Å². The molecule has 162 valence electrons. The monoisotopic (exact) mass is 470 g/mol. The summed E-state index contributed by atoms with van der Waals surface area (Å²) in [6, 6.07) is 11.1. The fourth-order valence-corrected chi connectivity index (χ4v) is 3.09. The second-order valence-electron chi connectivity index (χ2n) is 7.01. The lowest BCUT2D eigenvalue weighted by Gasteiger charge is -2.29. The average molecular weight is 472 g/mol. The third-order valence-electron chi connectivity index (χ3n) is 4.68. The lowest BCUT2D eigenvalue weighted by atomic mass is 10.1. The number of rotatable bonds is 9. The van der Waals surface area contributed by atoms with Crippen LogP contribution in [0.15, 0.2) is 42.5 Å². The standard InChI is InChI=1S/C22H25Cl3N2O3/c1-4-14(2)26-22(29)15(3)27(12-16-5-10-19(24)20(25)11-16)21(28)13-30-18-8-6-17(23)7-9-18/h5-11,14-15H,4,12-13H2,1-3H3,(H,26,29)/t14-,15+/m1/s1. The first kappa shape index (κ1) is 24.3. The molecule has 2 rings (SSSR count). The Bertz CT molecular complexity index is 874. The van der Waals surface area contributed by atoms with Crippen molar-refractivity contribution in [2.75, 3.05) is 6.61 Å². The Morgan fingerprint density at radius 1 is 1.03 bits per heavy atom. The van der Waals surface area contributed by atoms with Gasteiger partial charge in [-0.3, -0.25) is 9.59 Å². The molecule has 0 unspecified atom stereocenters. The highest BCUT2D eigenvalue weighted by molar-refractivity contribution is 6.42. The number of ether oxygens (including phenoxy) is 1. The van der Waals surface area contributed by atoms with Gasteiger partial charge in [-0.1, -0.05) is 47.8 Å². The molecule has 5 nitrogen and oxygen atoms in total. The van der Waals surface area contributed by atoms with Crippen LogP contribution in [0, 0.1) is 0 Å². The summed E-state index contributed by atoms with van der Waals surface area (Å²) in [5, 5.41) is 4.30. The van der Waals surface area contributed by atoms with Crippen LogP contribution in [-0.2, 0) is 16.1 Å². The van der Waals surface area contributed by atoms with Gasteiger partial charge in [0.15, 0.2) is 6.61 Å². The Morgan fingerprint density at radius 3 is 2.30 bits per heavy atom. The van der Waals surface area contributed by atoms with E-state index in [0.29, 0.717) is 20.8 Å². The highest BCUT2D eigenvalue weighted by Crippen LogP contribution is 2.24. The molecule has 2 aromatic rings. The minimum atomic E-state index is -0.699. The highest BCUT2D eigenvalue weighted by Gasteiger charge is 2.27. The van der Waals surface area contributed by atoms with Gasteiger partial charge in [0, 0.05) is 17.6 Å². The average Bonchev–Trinajstić information content (AvgIpc) is 2.73. The van der Waals surface area contributed by atoms with E-state index in [1.807, 2.05) is 13.8 Å². The molecule has 0 bridgehead atoms. The summed E-state index contributed by atoms with van der Waals surface area (Å²) in [7, 11) is 0. The molecular formula is C22H25Cl3N2O3. The minimum Gasteiger partial charge on any atom is -0.484 e. The fraction of sp³-hybridized carbons (Fsp3) is 0.364. The molecule has 0 aliphatic rings. The van der Waals surface area contributed by atoms with Gasteiger partial charge in [-0.25, -0.2) is 0 Å². The first-order valence-electron chi connectivity index (χ1n) is 9.63. The van der Waals surface area contributed by atoms with Crippen LogP contribution in [0.3, 0.4) is 0 Å². The summed E-state index contributed by atoms with van der Waals surface area (Å²) >= 11 is 18.0. The summed E-state index contributed by atoms with van der Waals surface area (Å²) in [6.45, 7) is 5.56. The molecule has 0 aromatic heterocycles. The Hall–Kier alpha value is -1.95. The number of halogens is 3. The Morgan fingerprint density at radius 2 is 1.70 bits per heavy atom. The Labute approximate surface area is 192 Å². The maximum Gasteiger partial charge on any atom is 0.261 e. The minimum absolute atomic E-state index is 0.00666. The van der Waals surface area contributed by atoms with E-state index in [-0.39, 0.29) is 31.0 Å². The van der Waals surface area contributed by atoms with Crippen LogP contribution in [0.25, 0.3) is 0 Å². The molecule has 2 atom stereocenters. The van der Waals surface area contributed by atoms with Crippen molar-refractivity contribution in [3.05, 3.63) is 63.1 Å². The molecule has 2 amide bonds. The second-order valence-corrected chi connectivity index (χ2v) is 8.26. The fourth-order valence-electron chi connectivity index (χ4n) is 2.64. The van der Waals surface area contributed by atoms with Crippen molar-refractivity contribution in [2.45, 2.75) is 45.8 Å². The van der Waals surface area contributed by atoms with E-state index in [2.05, 4.69) is 5.32 Å². The molecule has 0 aliphatic heterocycles. The van der Waals surface area contributed by atoms with Crippen LogP contribution in [0.4, 0.5) is 0 Å². The van der Waals surface area contributed by atoms with Gasteiger partial charge in [-0.2, -0.15) is 0 Å². The quantitative estimate of drug-likeness (QED) is 0.536. The maximum absolute atomic E-state index is 13.0. The lowest BCUT2D eigenvalue weighted by Crippen LogP contribution is -2.50. The van der Waals surface area contributed by atoms with E-state index in [9.17, 15) is 9.59 Å². The van der Waals surface area contributed by atoms with E-state index >= 15 is 0 Å². The third-order valence-corrected chi connectivity index (χ3v) is 5.67. The largest absolute Gasteiger partial charge is 0.484 e. The van der Waals surface area contributed by atoms with E-state index < -0.39 is 6.04 Å². The van der Waals surface area contributed by atoms with Crippen molar-refractivity contribution in [3.63, 3.8) is 0 Å². The molecule has 8 heteroatoms. The van der Waals surface area contributed by atoms with Gasteiger partial charge in [0.1, 0.15) is 11.8 Å². The zero-order valence-corrected chi connectivity index (χ0v) is 19.4. The normalized spacial score (nSPS) is 12.7. The van der Waals surface area contributed by atoms with Gasteiger partial charge in [0.05, 0.1) is 10.0 Å². The van der Waals surface area contributed by atoms with E-state index in [0.717, 1.165) is 12.0 Å². The van der Waals surface area contributed by atoms with Crippen molar-refractivity contribution in [2.24, 2.45) is 0 Å². The number of nitrogens with one attached hydrogen (secondary N) is 1. The summed E-state index contributed by atoms with van der Waals surface area (Å²) in [5.41, 5.74) is 0.757. The smallest absolute Gasteiger partial charge is 0.261 e. The first-order chi connectivity index (χ1) is 14.2. The molecule has 0 radical (unpaired) electrons. The first-order valence-corrected chi connectivity index (χ1v) is 10.8. The van der Waals surface area contributed by atoms with Crippen LogP contribution in [-0.4, -0.2) is 35.4 Å². The van der Waals surface area contributed by atoms with E-state index in [1.165, 1.54) is 4.90 Å². The summed E-state index contributed by atoms with van der Waals surface area (Å²) in [6.07, 6.45) is 0.791. The number of hydrogen-bond acceptors (Lipinski definition) is 3. The molecule has 0 heterocycles. The summed E-state index contributed by atoms with van der Waals surface area (Å²) in [4.78, 5) is 27.1. The number of benzene rings is 2. The molecular weight excluding hydrogens is 447 g/mol. The van der Waals surface area contributed by atoms with Crippen LogP contribution < -0.4 is 10.1 Å². The summed E-state index contributed by atoms with van der Waals surface area (Å²) in [5.74, 6) is -0.0500. The Balaban J connectivity index is 2.17. The van der Waals surface area contributed by atoms with Crippen molar-refractivity contribution in [3.8, 4) is 5.75 Å². The predicted molar refractivity (Wildman–Crippen MR) is 121 cm³/mol. The lowest BCUT2D eigenvalue weighted by molar-refractivity contribution is -0.142. The molecule has 1 N–H and O–H groups in total. The molecule has 0 saturated carbocycles. The number of amides is 2. The molecule has 0 spiro atoms.